The van der Waals surface area contributed by atoms with Gasteiger partial charge in [-0.1, -0.05) is 0 Å². The van der Waals surface area contributed by atoms with Crippen LogP contribution in [0, 0.1) is 0 Å². The quantitative estimate of drug-likeness (QED) is 0.862. The monoisotopic (exact) mass is 318 g/mol. The summed E-state index contributed by atoms with van der Waals surface area (Å²) in [5.74, 6) is -0.918. The predicted octanol–water partition coefficient (Wildman–Crippen LogP) is 1.69. The number of nitrogens with zero attached hydrogens (tertiary/aromatic N) is 3. The molecule has 120 valence electrons. The maximum atomic E-state index is 14.6. The minimum Gasteiger partial charge on any atom is -0.351 e. The number of carbonyl (C=O) groups excluding carboxylic acids is 1. The summed E-state index contributed by atoms with van der Waals surface area (Å²) in [6, 6.07) is 0.779. The molecule has 2 aliphatic rings. The summed E-state index contributed by atoms with van der Waals surface area (Å²) >= 11 is 0. The van der Waals surface area contributed by atoms with E-state index in [4.69, 9.17) is 0 Å². The van der Waals surface area contributed by atoms with Gasteiger partial charge in [-0.05, 0) is 18.9 Å². The highest BCUT2D eigenvalue weighted by Gasteiger charge is 2.47. The van der Waals surface area contributed by atoms with Gasteiger partial charge in [0.2, 0.25) is 11.6 Å². The van der Waals surface area contributed by atoms with Gasteiger partial charge in [-0.15, -0.1) is 0 Å². The molecule has 1 N–H and O–H groups in total. The number of aromatic nitrogens is 2. The molecule has 2 fully saturated rings. The number of rotatable bonds is 3. The lowest BCUT2D eigenvalue weighted by molar-refractivity contribution is -0.141. The number of hydrogen-bond donors (Lipinski definition) is 1. The Labute approximate surface area is 123 Å². The molecule has 1 saturated carbocycles. The van der Waals surface area contributed by atoms with Crippen molar-refractivity contribution in [3.8, 4) is 0 Å². The first-order valence-electron chi connectivity index (χ1n) is 6.93. The van der Waals surface area contributed by atoms with Gasteiger partial charge in [0, 0.05) is 25.2 Å². The lowest BCUT2D eigenvalue weighted by atomic mass is 10.1. The first-order valence-corrected chi connectivity index (χ1v) is 6.93. The van der Waals surface area contributed by atoms with Gasteiger partial charge >= 0.3 is 6.18 Å². The number of anilines is 1. The van der Waals surface area contributed by atoms with Crippen molar-refractivity contribution < 1.29 is 22.4 Å². The summed E-state index contributed by atoms with van der Waals surface area (Å²) in [7, 11) is 0. The van der Waals surface area contributed by atoms with Crippen LogP contribution in [-0.2, 0) is 11.0 Å². The number of amides is 1. The Morgan fingerprint density at radius 3 is 2.77 bits per heavy atom. The van der Waals surface area contributed by atoms with Crippen molar-refractivity contribution in [3.05, 3.63) is 18.0 Å². The van der Waals surface area contributed by atoms with Crippen molar-refractivity contribution in [2.45, 2.75) is 37.1 Å². The first-order chi connectivity index (χ1) is 10.3. The van der Waals surface area contributed by atoms with E-state index in [2.05, 4.69) is 15.3 Å². The second-order valence-corrected chi connectivity index (χ2v) is 5.62. The third-order valence-electron chi connectivity index (χ3n) is 3.76. The number of nitrogens with one attached hydrogen (secondary N) is 1. The van der Waals surface area contributed by atoms with Crippen molar-refractivity contribution in [1.29, 1.82) is 0 Å². The highest BCUT2D eigenvalue weighted by molar-refractivity contribution is 5.87. The van der Waals surface area contributed by atoms with Gasteiger partial charge in [-0.25, -0.2) is 14.4 Å². The van der Waals surface area contributed by atoms with Crippen molar-refractivity contribution in [2.24, 2.45) is 0 Å². The Balaban J connectivity index is 1.73. The van der Waals surface area contributed by atoms with Gasteiger partial charge in [0.05, 0.1) is 6.54 Å². The standard InChI is InChI=1S/C13H14F4N4O/c14-12(10(22)19-8-1-2-8)4-6-21(7-12)11-18-5-3-9(20-11)13(15,16)17/h3,5,8H,1-2,4,6-7H2,(H,19,22). The number of hydrogen-bond acceptors (Lipinski definition) is 4. The summed E-state index contributed by atoms with van der Waals surface area (Å²) in [6.45, 7) is -0.247. The molecule has 0 spiro atoms. The number of carbonyl (C=O) groups is 1. The van der Waals surface area contributed by atoms with Gasteiger partial charge in [-0.3, -0.25) is 4.79 Å². The van der Waals surface area contributed by atoms with E-state index in [0.717, 1.165) is 25.1 Å². The second-order valence-electron chi connectivity index (χ2n) is 5.62. The van der Waals surface area contributed by atoms with E-state index in [1.54, 1.807) is 0 Å². The van der Waals surface area contributed by atoms with Crippen LogP contribution in [0.25, 0.3) is 0 Å². The van der Waals surface area contributed by atoms with Crippen LogP contribution < -0.4 is 10.2 Å². The maximum Gasteiger partial charge on any atom is 0.433 e. The van der Waals surface area contributed by atoms with Gasteiger partial charge < -0.3 is 10.2 Å². The van der Waals surface area contributed by atoms with Crippen LogP contribution in [0.2, 0.25) is 0 Å². The highest BCUT2D eigenvalue weighted by Crippen LogP contribution is 2.32. The average Bonchev–Trinajstić information content (AvgIpc) is 3.18. The van der Waals surface area contributed by atoms with E-state index in [1.165, 1.54) is 4.90 Å². The fraction of sp³-hybridized carbons (Fsp3) is 0.615. The zero-order valence-electron chi connectivity index (χ0n) is 11.5. The minimum atomic E-state index is -4.59. The van der Waals surface area contributed by atoms with Gasteiger partial charge in [0.1, 0.15) is 5.69 Å². The summed E-state index contributed by atoms with van der Waals surface area (Å²) < 4.78 is 52.5. The van der Waals surface area contributed by atoms with Crippen molar-refractivity contribution in [3.63, 3.8) is 0 Å². The SMILES string of the molecule is O=C(NC1CC1)C1(F)CCN(c2nccc(C(F)(F)F)n2)C1. The van der Waals surface area contributed by atoms with Crippen molar-refractivity contribution in [2.75, 3.05) is 18.0 Å². The summed E-state index contributed by atoms with van der Waals surface area (Å²) in [6.07, 6.45) is -2.03. The van der Waals surface area contributed by atoms with Crippen molar-refractivity contribution >= 4 is 11.9 Å². The average molecular weight is 318 g/mol. The van der Waals surface area contributed by atoms with Crippen LogP contribution in [0.15, 0.2) is 12.3 Å². The Kier molecular flexibility index (Phi) is 3.45. The molecule has 22 heavy (non-hydrogen) atoms. The van der Waals surface area contributed by atoms with Gasteiger partial charge in [0.15, 0.2) is 0 Å². The van der Waals surface area contributed by atoms with E-state index in [-0.39, 0.29) is 31.5 Å². The summed E-state index contributed by atoms with van der Waals surface area (Å²) in [5.41, 5.74) is -3.20. The Hall–Kier alpha value is -1.93. The van der Waals surface area contributed by atoms with E-state index in [1.807, 2.05) is 0 Å². The molecule has 9 heteroatoms. The smallest absolute Gasteiger partial charge is 0.351 e. The molecule has 1 unspecified atom stereocenters. The molecule has 1 atom stereocenters. The third kappa shape index (κ3) is 2.97. The fourth-order valence-electron chi connectivity index (χ4n) is 2.33. The molecule has 1 aliphatic heterocycles. The molecule has 1 saturated heterocycles. The van der Waals surface area contributed by atoms with Crippen LogP contribution in [-0.4, -0.2) is 40.7 Å². The molecule has 0 aromatic carbocycles. The van der Waals surface area contributed by atoms with Crippen LogP contribution in [0.3, 0.4) is 0 Å². The molecule has 0 radical (unpaired) electrons. The van der Waals surface area contributed by atoms with E-state index in [0.29, 0.717) is 0 Å². The molecule has 2 heterocycles. The zero-order chi connectivity index (χ0) is 16.0. The van der Waals surface area contributed by atoms with Gasteiger partial charge in [0.25, 0.3) is 5.91 Å². The molecule has 0 bridgehead atoms. The number of halogens is 4. The largest absolute Gasteiger partial charge is 0.433 e. The van der Waals surface area contributed by atoms with Crippen LogP contribution in [0.1, 0.15) is 25.0 Å². The Morgan fingerprint density at radius 1 is 1.41 bits per heavy atom. The first kappa shape index (κ1) is 15.0. The van der Waals surface area contributed by atoms with Crippen LogP contribution in [0.4, 0.5) is 23.5 Å². The molecular weight excluding hydrogens is 304 g/mol. The fourth-order valence-corrected chi connectivity index (χ4v) is 2.33. The molecule has 5 nitrogen and oxygen atoms in total. The van der Waals surface area contributed by atoms with E-state index in [9.17, 15) is 22.4 Å². The van der Waals surface area contributed by atoms with Gasteiger partial charge in [-0.2, -0.15) is 13.2 Å². The minimum absolute atomic E-state index is 0.0268. The second kappa shape index (κ2) is 5.06. The van der Waals surface area contributed by atoms with Crippen LogP contribution >= 0.6 is 0 Å². The van der Waals surface area contributed by atoms with E-state index < -0.39 is 23.4 Å². The Bertz CT molecular complexity index is 590. The third-order valence-corrected chi connectivity index (χ3v) is 3.76. The van der Waals surface area contributed by atoms with Crippen LogP contribution in [0.5, 0.6) is 0 Å². The lowest BCUT2D eigenvalue weighted by Gasteiger charge is -2.20. The molecule has 1 aromatic rings. The molecule has 3 rings (SSSR count). The summed E-state index contributed by atoms with van der Waals surface area (Å²) in [5, 5.41) is 2.58. The highest BCUT2D eigenvalue weighted by atomic mass is 19.4. The van der Waals surface area contributed by atoms with E-state index >= 15 is 0 Å². The molecular formula is C13H14F4N4O. The molecule has 1 aliphatic carbocycles. The lowest BCUT2D eigenvalue weighted by Crippen LogP contribution is -2.46. The molecule has 1 amide bonds. The topological polar surface area (TPSA) is 58.1 Å². The zero-order valence-corrected chi connectivity index (χ0v) is 11.5. The number of alkyl halides is 4. The van der Waals surface area contributed by atoms with Crippen molar-refractivity contribution in [1.82, 2.24) is 15.3 Å². The molecule has 1 aromatic heterocycles. The predicted molar refractivity (Wildman–Crippen MR) is 68.9 cm³/mol. The normalized spacial score (nSPS) is 25.4. The Morgan fingerprint density at radius 2 is 2.14 bits per heavy atom. The maximum absolute atomic E-state index is 14.6. The summed E-state index contributed by atoms with van der Waals surface area (Å²) in [4.78, 5) is 20.3.